The summed E-state index contributed by atoms with van der Waals surface area (Å²) in [5.41, 5.74) is 0.883. The minimum Gasteiger partial charge on any atom is -0.368 e. The van der Waals surface area contributed by atoms with Crippen LogP contribution in [0.3, 0.4) is 0 Å². The maximum atomic E-state index is 13.2. The zero-order valence-electron chi connectivity index (χ0n) is 13.2. The van der Waals surface area contributed by atoms with E-state index >= 15 is 0 Å². The number of anilines is 2. The van der Waals surface area contributed by atoms with E-state index < -0.39 is 23.6 Å². The van der Waals surface area contributed by atoms with Gasteiger partial charge < -0.3 is 15.4 Å². The molecule has 25 heavy (non-hydrogen) atoms. The fraction of sp³-hybridized carbons (Fsp3) is 0.222. The molecule has 0 unspecified atom stereocenters. The van der Waals surface area contributed by atoms with Gasteiger partial charge in [-0.1, -0.05) is 0 Å². The summed E-state index contributed by atoms with van der Waals surface area (Å²) in [6, 6.07) is 9.01. The number of amides is 2. The minimum absolute atomic E-state index is 0.117. The highest BCUT2D eigenvalue weighted by atomic mass is 19.1. The van der Waals surface area contributed by atoms with Crippen LogP contribution in [0.2, 0.25) is 0 Å². The van der Waals surface area contributed by atoms with Crippen molar-refractivity contribution in [1.82, 2.24) is 0 Å². The number of carbonyl (C=O) groups excluding carboxylic acids is 2. The SMILES string of the molecule is O=C(Nc1ccc(NC(=O)[C@H]2CCCO2)cc1)c1cc(F)cc(F)c1. The van der Waals surface area contributed by atoms with Crippen LogP contribution in [0, 0.1) is 11.6 Å². The van der Waals surface area contributed by atoms with E-state index in [1.54, 1.807) is 24.3 Å². The maximum absolute atomic E-state index is 13.2. The normalized spacial score (nSPS) is 16.5. The molecule has 130 valence electrons. The Morgan fingerprint density at radius 3 is 2.12 bits per heavy atom. The van der Waals surface area contributed by atoms with Gasteiger partial charge in [0, 0.05) is 29.6 Å². The van der Waals surface area contributed by atoms with Crippen LogP contribution in [-0.4, -0.2) is 24.5 Å². The Bertz CT molecular complexity index is 767. The highest BCUT2D eigenvalue weighted by molar-refractivity contribution is 6.04. The quantitative estimate of drug-likeness (QED) is 0.892. The standard InChI is InChI=1S/C18H16F2N2O3/c19-12-8-11(9-13(20)10-12)17(23)21-14-3-5-15(6-4-14)22-18(24)16-2-1-7-25-16/h3-6,8-10,16H,1-2,7H2,(H,21,23)(H,22,24)/t16-/m1/s1. The first-order valence-corrected chi connectivity index (χ1v) is 7.81. The molecule has 0 saturated carbocycles. The molecule has 2 amide bonds. The van der Waals surface area contributed by atoms with E-state index in [4.69, 9.17) is 4.74 Å². The molecule has 2 aromatic rings. The molecule has 2 N–H and O–H groups in total. The smallest absolute Gasteiger partial charge is 0.255 e. The summed E-state index contributed by atoms with van der Waals surface area (Å²) in [7, 11) is 0. The maximum Gasteiger partial charge on any atom is 0.255 e. The zero-order chi connectivity index (χ0) is 17.8. The van der Waals surface area contributed by atoms with E-state index in [1.807, 2.05) is 0 Å². The van der Waals surface area contributed by atoms with Gasteiger partial charge in [-0.25, -0.2) is 8.78 Å². The van der Waals surface area contributed by atoms with E-state index in [9.17, 15) is 18.4 Å². The zero-order valence-corrected chi connectivity index (χ0v) is 13.2. The van der Waals surface area contributed by atoms with Crippen LogP contribution in [0.15, 0.2) is 42.5 Å². The van der Waals surface area contributed by atoms with Gasteiger partial charge in [-0.3, -0.25) is 9.59 Å². The average molecular weight is 346 g/mol. The van der Waals surface area contributed by atoms with Gasteiger partial charge in [0.05, 0.1) is 0 Å². The number of hydrogen-bond donors (Lipinski definition) is 2. The van der Waals surface area contributed by atoms with E-state index in [0.29, 0.717) is 30.5 Å². The molecule has 3 rings (SSSR count). The molecule has 1 aliphatic rings. The van der Waals surface area contributed by atoms with Crippen LogP contribution < -0.4 is 10.6 Å². The highest BCUT2D eigenvalue weighted by Crippen LogP contribution is 2.18. The van der Waals surface area contributed by atoms with Gasteiger partial charge in [0.25, 0.3) is 11.8 Å². The lowest BCUT2D eigenvalue weighted by Gasteiger charge is -2.11. The van der Waals surface area contributed by atoms with Gasteiger partial charge in [-0.2, -0.15) is 0 Å². The van der Waals surface area contributed by atoms with Crippen LogP contribution in [-0.2, 0) is 9.53 Å². The third-order valence-corrected chi connectivity index (χ3v) is 3.76. The van der Waals surface area contributed by atoms with Gasteiger partial charge in [0.1, 0.15) is 17.7 Å². The number of ether oxygens (including phenoxy) is 1. The van der Waals surface area contributed by atoms with Crippen LogP contribution in [0.5, 0.6) is 0 Å². The van der Waals surface area contributed by atoms with Crippen molar-refractivity contribution in [3.63, 3.8) is 0 Å². The van der Waals surface area contributed by atoms with Gasteiger partial charge in [-0.05, 0) is 49.2 Å². The first-order valence-electron chi connectivity index (χ1n) is 7.81. The largest absolute Gasteiger partial charge is 0.368 e. The van der Waals surface area contributed by atoms with Crippen LogP contribution in [0.1, 0.15) is 23.2 Å². The summed E-state index contributed by atoms with van der Waals surface area (Å²) < 4.78 is 31.6. The summed E-state index contributed by atoms with van der Waals surface area (Å²) in [6.07, 6.45) is 1.13. The van der Waals surface area contributed by atoms with E-state index in [-0.39, 0.29) is 11.5 Å². The van der Waals surface area contributed by atoms with Gasteiger partial charge in [0.2, 0.25) is 0 Å². The Morgan fingerprint density at radius 2 is 1.56 bits per heavy atom. The second kappa shape index (κ2) is 7.40. The predicted molar refractivity (Wildman–Crippen MR) is 88.4 cm³/mol. The number of benzene rings is 2. The summed E-state index contributed by atoms with van der Waals surface area (Å²) in [5, 5.41) is 5.27. The second-order valence-electron chi connectivity index (χ2n) is 5.68. The van der Waals surface area contributed by atoms with Crippen molar-refractivity contribution in [2.75, 3.05) is 17.2 Å². The molecule has 1 saturated heterocycles. The van der Waals surface area contributed by atoms with Crippen molar-refractivity contribution in [2.24, 2.45) is 0 Å². The molecule has 0 radical (unpaired) electrons. The first-order chi connectivity index (χ1) is 12.0. The summed E-state index contributed by atoms with van der Waals surface area (Å²) in [4.78, 5) is 24.0. The average Bonchev–Trinajstić information content (AvgIpc) is 3.10. The van der Waals surface area contributed by atoms with Gasteiger partial charge in [-0.15, -0.1) is 0 Å². The number of carbonyl (C=O) groups is 2. The summed E-state index contributed by atoms with van der Waals surface area (Å²) in [6.45, 7) is 0.587. The third kappa shape index (κ3) is 4.39. The molecule has 1 aliphatic heterocycles. The molecule has 7 heteroatoms. The Labute approximate surface area is 143 Å². The van der Waals surface area contributed by atoms with E-state index in [2.05, 4.69) is 10.6 Å². The topological polar surface area (TPSA) is 67.4 Å². The predicted octanol–water partition coefficient (Wildman–Crippen LogP) is 3.33. The van der Waals surface area contributed by atoms with Crippen molar-refractivity contribution in [3.8, 4) is 0 Å². The molecule has 0 spiro atoms. The summed E-state index contributed by atoms with van der Waals surface area (Å²) in [5.74, 6) is -2.48. The van der Waals surface area contributed by atoms with Crippen LogP contribution in [0.4, 0.5) is 20.2 Å². The monoisotopic (exact) mass is 346 g/mol. The molecule has 1 heterocycles. The van der Waals surface area contributed by atoms with Crippen LogP contribution >= 0.6 is 0 Å². The first kappa shape index (κ1) is 17.0. The fourth-order valence-electron chi connectivity index (χ4n) is 2.53. The Balaban J connectivity index is 1.62. The van der Waals surface area contributed by atoms with Crippen molar-refractivity contribution in [3.05, 3.63) is 59.7 Å². The van der Waals surface area contributed by atoms with E-state index in [1.165, 1.54) is 0 Å². The molecular formula is C18H16F2N2O3. The molecule has 5 nitrogen and oxygen atoms in total. The molecule has 0 aliphatic carbocycles. The molecular weight excluding hydrogens is 330 g/mol. The Hall–Kier alpha value is -2.80. The number of halogens is 2. The molecule has 1 fully saturated rings. The van der Waals surface area contributed by atoms with Crippen LogP contribution in [0.25, 0.3) is 0 Å². The molecule has 1 atom stereocenters. The van der Waals surface area contributed by atoms with Crippen molar-refractivity contribution in [2.45, 2.75) is 18.9 Å². The number of rotatable bonds is 4. The highest BCUT2D eigenvalue weighted by Gasteiger charge is 2.23. The van der Waals surface area contributed by atoms with Crippen molar-refractivity contribution < 1.29 is 23.1 Å². The molecule has 0 bridgehead atoms. The van der Waals surface area contributed by atoms with Crippen molar-refractivity contribution in [1.29, 1.82) is 0 Å². The molecule has 2 aromatic carbocycles. The Morgan fingerprint density at radius 1 is 0.960 bits per heavy atom. The lowest BCUT2D eigenvalue weighted by molar-refractivity contribution is -0.124. The molecule has 0 aromatic heterocycles. The van der Waals surface area contributed by atoms with Gasteiger partial charge >= 0.3 is 0 Å². The lowest BCUT2D eigenvalue weighted by Crippen LogP contribution is -2.26. The Kier molecular flexibility index (Phi) is 5.04. The van der Waals surface area contributed by atoms with Gasteiger partial charge in [0.15, 0.2) is 0 Å². The number of hydrogen-bond acceptors (Lipinski definition) is 3. The number of nitrogens with one attached hydrogen (secondary N) is 2. The summed E-state index contributed by atoms with van der Waals surface area (Å²) >= 11 is 0. The third-order valence-electron chi connectivity index (χ3n) is 3.76. The van der Waals surface area contributed by atoms with E-state index in [0.717, 1.165) is 18.6 Å². The minimum atomic E-state index is -0.822. The second-order valence-corrected chi connectivity index (χ2v) is 5.68. The van der Waals surface area contributed by atoms with Crippen molar-refractivity contribution >= 4 is 23.2 Å². The fourth-order valence-corrected chi connectivity index (χ4v) is 2.53. The lowest BCUT2D eigenvalue weighted by atomic mass is 10.2.